The van der Waals surface area contributed by atoms with Gasteiger partial charge in [0, 0.05) is 22.4 Å². The molecule has 16 heavy (non-hydrogen) atoms. The van der Waals surface area contributed by atoms with Crippen LogP contribution in [0, 0.1) is 5.41 Å². The first-order chi connectivity index (χ1) is 7.72. The number of ketones is 1. The molecule has 0 atom stereocenters. The molecular formula is C13H17NOS. The third-order valence-electron chi connectivity index (χ3n) is 3.54. The van der Waals surface area contributed by atoms with Crippen molar-refractivity contribution in [2.75, 3.05) is 12.8 Å². The van der Waals surface area contributed by atoms with Crippen molar-refractivity contribution < 1.29 is 4.79 Å². The summed E-state index contributed by atoms with van der Waals surface area (Å²) >= 11 is 1.69. The molecule has 0 aromatic heterocycles. The van der Waals surface area contributed by atoms with Gasteiger partial charge >= 0.3 is 0 Å². The smallest absolute Gasteiger partial charge is 0.170 e. The van der Waals surface area contributed by atoms with E-state index in [1.165, 1.54) is 4.90 Å². The van der Waals surface area contributed by atoms with Gasteiger partial charge in [0.2, 0.25) is 0 Å². The number of carbonyl (C=O) groups excluding carboxylic acids is 1. The van der Waals surface area contributed by atoms with E-state index in [-0.39, 0.29) is 11.2 Å². The number of carbonyl (C=O) groups is 1. The molecule has 2 N–H and O–H groups in total. The minimum atomic E-state index is -0.249. The minimum Gasteiger partial charge on any atom is -0.329 e. The first-order valence-corrected chi connectivity index (χ1v) is 6.83. The molecule has 0 spiro atoms. The highest BCUT2D eigenvalue weighted by molar-refractivity contribution is 7.98. The Balaban J connectivity index is 2.20. The Labute approximate surface area is 101 Å². The van der Waals surface area contributed by atoms with Gasteiger partial charge in [-0.25, -0.2) is 0 Å². The van der Waals surface area contributed by atoms with Crippen LogP contribution in [0.15, 0.2) is 29.2 Å². The maximum atomic E-state index is 12.3. The van der Waals surface area contributed by atoms with E-state index in [1.807, 2.05) is 30.5 Å². The monoisotopic (exact) mass is 235 g/mol. The Hall–Kier alpha value is -0.800. The molecule has 0 aliphatic heterocycles. The molecule has 0 unspecified atom stereocenters. The molecule has 1 aromatic rings. The Morgan fingerprint density at radius 1 is 1.38 bits per heavy atom. The Bertz CT molecular complexity index is 376. The van der Waals surface area contributed by atoms with Crippen LogP contribution in [0.25, 0.3) is 0 Å². The lowest BCUT2D eigenvalue weighted by Crippen LogP contribution is -2.44. The first-order valence-electron chi connectivity index (χ1n) is 5.61. The molecular weight excluding hydrogens is 218 g/mol. The number of hydrogen-bond acceptors (Lipinski definition) is 3. The van der Waals surface area contributed by atoms with Crippen LogP contribution in [-0.4, -0.2) is 18.6 Å². The van der Waals surface area contributed by atoms with Gasteiger partial charge in [-0.05, 0) is 31.2 Å². The van der Waals surface area contributed by atoms with Gasteiger partial charge in [0.1, 0.15) is 0 Å². The average molecular weight is 235 g/mol. The molecule has 1 aliphatic rings. The van der Waals surface area contributed by atoms with Crippen molar-refractivity contribution in [2.24, 2.45) is 11.1 Å². The van der Waals surface area contributed by atoms with Crippen LogP contribution < -0.4 is 5.73 Å². The molecule has 0 amide bonds. The lowest BCUT2D eigenvalue weighted by molar-refractivity contribution is 0.0636. The summed E-state index contributed by atoms with van der Waals surface area (Å²) in [5, 5.41) is 0. The summed E-state index contributed by atoms with van der Waals surface area (Å²) in [5.41, 5.74) is 6.30. The number of benzene rings is 1. The average Bonchev–Trinajstić information content (AvgIpc) is 2.28. The molecule has 0 saturated heterocycles. The molecule has 1 aliphatic carbocycles. The third kappa shape index (κ3) is 1.89. The number of hydrogen-bond donors (Lipinski definition) is 1. The standard InChI is InChI=1S/C13H17NOS/c1-16-11-5-3-10(4-6-11)12(15)13(9-14)7-2-8-13/h3-6H,2,7-9,14H2,1H3. The highest BCUT2D eigenvalue weighted by Gasteiger charge is 2.42. The van der Waals surface area contributed by atoms with Gasteiger partial charge in [-0.3, -0.25) is 4.79 Å². The minimum absolute atomic E-state index is 0.230. The van der Waals surface area contributed by atoms with E-state index in [2.05, 4.69) is 0 Å². The fourth-order valence-corrected chi connectivity index (χ4v) is 2.58. The van der Waals surface area contributed by atoms with Crippen LogP contribution in [0.2, 0.25) is 0 Å². The van der Waals surface area contributed by atoms with Gasteiger partial charge in [-0.15, -0.1) is 11.8 Å². The summed E-state index contributed by atoms with van der Waals surface area (Å²) in [4.78, 5) is 13.5. The lowest BCUT2D eigenvalue weighted by atomic mass is 9.64. The van der Waals surface area contributed by atoms with Crippen LogP contribution >= 0.6 is 11.8 Å². The van der Waals surface area contributed by atoms with Crippen LogP contribution in [0.4, 0.5) is 0 Å². The normalized spacial score (nSPS) is 17.9. The summed E-state index contributed by atoms with van der Waals surface area (Å²) in [6.45, 7) is 0.482. The molecule has 2 nitrogen and oxygen atoms in total. The molecule has 0 bridgehead atoms. The van der Waals surface area contributed by atoms with Crippen molar-refractivity contribution in [2.45, 2.75) is 24.2 Å². The Morgan fingerprint density at radius 2 is 2.00 bits per heavy atom. The zero-order valence-electron chi connectivity index (χ0n) is 9.53. The van der Waals surface area contributed by atoms with E-state index in [1.54, 1.807) is 11.8 Å². The molecule has 1 fully saturated rings. The van der Waals surface area contributed by atoms with E-state index >= 15 is 0 Å². The molecule has 3 heteroatoms. The van der Waals surface area contributed by atoms with E-state index in [4.69, 9.17) is 5.73 Å². The molecule has 1 saturated carbocycles. The highest BCUT2D eigenvalue weighted by atomic mass is 32.2. The van der Waals surface area contributed by atoms with Crippen LogP contribution in [0.3, 0.4) is 0 Å². The molecule has 2 rings (SSSR count). The second kappa shape index (κ2) is 4.60. The summed E-state index contributed by atoms with van der Waals surface area (Å²) in [5.74, 6) is 0.230. The fraction of sp³-hybridized carbons (Fsp3) is 0.462. The van der Waals surface area contributed by atoms with Gasteiger partial charge in [0.15, 0.2) is 5.78 Å². The van der Waals surface area contributed by atoms with Gasteiger partial charge in [-0.1, -0.05) is 18.6 Å². The number of rotatable bonds is 4. The number of thioether (sulfide) groups is 1. The fourth-order valence-electron chi connectivity index (χ4n) is 2.18. The van der Waals surface area contributed by atoms with E-state index in [0.29, 0.717) is 6.54 Å². The second-order valence-corrected chi connectivity index (χ2v) is 5.28. The maximum absolute atomic E-state index is 12.3. The quantitative estimate of drug-likeness (QED) is 0.644. The second-order valence-electron chi connectivity index (χ2n) is 4.40. The summed E-state index contributed by atoms with van der Waals surface area (Å²) in [6, 6.07) is 7.84. The number of nitrogens with two attached hydrogens (primary N) is 1. The summed E-state index contributed by atoms with van der Waals surface area (Å²) < 4.78 is 0. The van der Waals surface area contributed by atoms with Gasteiger partial charge in [0.25, 0.3) is 0 Å². The van der Waals surface area contributed by atoms with Crippen LogP contribution in [0.1, 0.15) is 29.6 Å². The van der Waals surface area contributed by atoms with Gasteiger partial charge in [0.05, 0.1) is 0 Å². The van der Waals surface area contributed by atoms with E-state index < -0.39 is 0 Å². The largest absolute Gasteiger partial charge is 0.329 e. The van der Waals surface area contributed by atoms with Crippen LogP contribution in [-0.2, 0) is 0 Å². The predicted octanol–water partition coefficient (Wildman–Crippen LogP) is 2.72. The van der Waals surface area contributed by atoms with Crippen molar-refractivity contribution in [1.29, 1.82) is 0 Å². The topological polar surface area (TPSA) is 43.1 Å². The van der Waals surface area contributed by atoms with Crippen molar-refractivity contribution in [3.8, 4) is 0 Å². The Kier molecular flexibility index (Phi) is 3.36. The third-order valence-corrected chi connectivity index (χ3v) is 4.28. The molecule has 0 heterocycles. The molecule has 0 radical (unpaired) electrons. The zero-order valence-corrected chi connectivity index (χ0v) is 10.3. The predicted molar refractivity (Wildman–Crippen MR) is 67.9 cm³/mol. The van der Waals surface area contributed by atoms with Crippen molar-refractivity contribution in [3.63, 3.8) is 0 Å². The maximum Gasteiger partial charge on any atom is 0.170 e. The Morgan fingerprint density at radius 3 is 2.38 bits per heavy atom. The van der Waals surface area contributed by atoms with E-state index in [0.717, 1.165) is 24.8 Å². The molecule has 86 valence electrons. The SMILES string of the molecule is CSc1ccc(C(=O)C2(CN)CCC2)cc1. The highest BCUT2D eigenvalue weighted by Crippen LogP contribution is 2.42. The first kappa shape index (κ1) is 11.7. The van der Waals surface area contributed by atoms with Crippen molar-refractivity contribution >= 4 is 17.5 Å². The molecule has 1 aromatic carbocycles. The van der Waals surface area contributed by atoms with Crippen molar-refractivity contribution in [3.05, 3.63) is 29.8 Å². The summed E-state index contributed by atoms with van der Waals surface area (Å²) in [6.07, 6.45) is 5.06. The van der Waals surface area contributed by atoms with Crippen LogP contribution in [0.5, 0.6) is 0 Å². The lowest BCUT2D eigenvalue weighted by Gasteiger charge is -2.39. The zero-order chi connectivity index (χ0) is 11.6. The van der Waals surface area contributed by atoms with E-state index in [9.17, 15) is 4.79 Å². The van der Waals surface area contributed by atoms with Gasteiger partial charge in [-0.2, -0.15) is 0 Å². The summed E-state index contributed by atoms with van der Waals surface area (Å²) in [7, 11) is 0. The number of Topliss-reactive ketones (excluding diaryl/α,β-unsaturated/α-hetero) is 1. The van der Waals surface area contributed by atoms with Crippen molar-refractivity contribution in [1.82, 2.24) is 0 Å². The van der Waals surface area contributed by atoms with Gasteiger partial charge < -0.3 is 5.73 Å².